The van der Waals surface area contributed by atoms with E-state index in [4.69, 9.17) is 5.73 Å². The Labute approximate surface area is 148 Å². The molecule has 2 aromatic rings. The second-order valence-electron chi connectivity index (χ2n) is 3.95. The van der Waals surface area contributed by atoms with Crippen molar-refractivity contribution in [1.29, 1.82) is 0 Å². The van der Waals surface area contributed by atoms with Gasteiger partial charge in [-0.1, -0.05) is 42.0 Å². The van der Waals surface area contributed by atoms with Crippen LogP contribution in [0.3, 0.4) is 0 Å². The van der Waals surface area contributed by atoms with Crippen molar-refractivity contribution in [3.05, 3.63) is 65.4 Å². The molecule has 0 aromatic heterocycles. The van der Waals surface area contributed by atoms with E-state index in [1.54, 1.807) is 12.1 Å². The van der Waals surface area contributed by atoms with Crippen molar-refractivity contribution in [2.24, 2.45) is 0 Å². The summed E-state index contributed by atoms with van der Waals surface area (Å²) in [6.45, 7) is 0.272. The predicted octanol–water partition coefficient (Wildman–Crippen LogP) is 3.69. The molecule has 0 saturated heterocycles. The van der Waals surface area contributed by atoms with Crippen LogP contribution in [0.5, 0.6) is 0 Å². The van der Waals surface area contributed by atoms with Crippen LogP contribution in [0, 0.1) is 44.1 Å². The second kappa shape index (κ2) is 7.79. The Morgan fingerprint density at radius 2 is 1.79 bits per heavy atom. The summed E-state index contributed by atoms with van der Waals surface area (Å²) in [5.41, 5.74) is 11.0. The van der Waals surface area contributed by atoms with E-state index in [1.807, 2.05) is 36.4 Å². The van der Waals surface area contributed by atoms with Crippen LogP contribution in [-0.2, 0) is 11.3 Å². The van der Waals surface area contributed by atoms with Crippen molar-refractivity contribution in [2.45, 2.75) is 6.54 Å². The molecule has 19 heavy (non-hydrogen) atoms. The molecule has 95 valence electrons. The Hall–Kier alpha value is -0.688. The molecule has 2 aromatic carbocycles. The summed E-state index contributed by atoms with van der Waals surface area (Å²) in [6.07, 6.45) is 0. The maximum Gasteiger partial charge on any atom is 0.337 e. The van der Waals surface area contributed by atoms with Crippen LogP contribution in [0.25, 0.3) is 16.9 Å². The molecular weight excluding hydrogens is 453 g/mol. The van der Waals surface area contributed by atoms with Crippen molar-refractivity contribution in [1.82, 2.24) is 0 Å². The van der Waals surface area contributed by atoms with Crippen molar-refractivity contribution in [2.75, 3.05) is 7.11 Å². The summed E-state index contributed by atoms with van der Waals surface area (Å²) in [7, 11) is 1.37. The molecule has 0 heterocycles. The SMILES string of the molecule is COC(=O)c1ccc(-c2cccc(C[NH-])c2)cc1.[Ac]. The van der Waals surface area contributed by atoms with E-state index >= 15 is 0 Å². The normalized spacial score (nSPS) is 9.58. The summed E-state index contributed by atoms with van der Waals surface area (Å²) in [5, 5.41) is 0. The number of carbonyl (C=O) groups excluding carboxylic acids is 1. The summed E-state index contributed by atoms with van der Waals surface area (Å²) < 4.78 is 4.65. The second-order valence-corrected chi connectivity index (χ2v) is 3.95. The fraction of sp³-hybridized carbons (Fsp3) is 0.133. The number of ether oxygens (including phenoxy) is 1. The first-order valence-electron chi connectivity index (χ1n) is 5.67. The van der Waals surface area contributed by atoms with Crippen LogP contribution >= 0.6 is 0 Å². The van der Waals surface area contributed by atoms with Crippen molar-refractivity contribution in [3.8, 4) is 11.1 Å². The van der Waals surface area contributed by atoms with E-state index in [-0.39, 0.29) is 56.6 Å². The monoisotopic (exact) mass is 467 g/mol. The fourth-order valence-electron chi connectivity index (χ4n) is 1.78. The molecule has 0 fully saturated rings. The molecule has 4 heteroatoms. The van der Waals surface area contributed by atoms with Gasteiger partial charge in [-0.25, -0.2) is 4.79 Å². The third-order valence-corrected chi connectivity index (χ3v) is 2.77. The van der Waals surface area contributed by atoms with Crippen LogP contribution in [0.1, 0.15) is 15.9 Å². The van der Waals surface area contributed by atoms with Gasteiger partial charge in [0.05, 0.1) is 12.7 Å². The molecule has 0 amide bonds. The molecular formula is C15H14AcNO2-. The minimum Gasteiger partial charge on any atom is -0.674 e. The van der Waals surface area contributed by atoms with E-state index in [2.05, 4.69) is 4.74 Å². The standard InChI is InChI=1S/C15H14NO2.Ac/c1-18-15(17)13-7-5-12(6-8-13)14-4-2-3-11(9-14)10-16;/h2-9,16H,10H2,1H3;/q-1;. The topological polar surface area (TPSA) is 50.1 Å². The van der Waals surface area contributed by atoms with Gasteiger partial charge in [0.25, 0.3) is 0 Å². The molecule has 3 nitrogen and oxygen atoms in total. The zero-order chi connectivity index (χ0) is 13.0. The minimum absolute atomic E-state index is 0. The first kappa shape index (κ1) is 16.4. The molecule has 2 rings (SSSR count). The number of nitrogens with one attached hydrogen (secondary N) is 1. The van der Waals surface area contributed by atoms with Crippen LogP contribution < -0.4 is 0 Å². The maximum atomic E-state index is 11.3. The zero-order valence-electron chi connectivity index (χ0n) is 10.7. The average Bonchev–Trinajstić information content (AvgIpc) is 2.46. The largest absolute Gasteiger partial charge is 0.674 e. The van der Waals surface area contributed by atoms with Crippen molar-refractivity contribution >= 4 is 5.97 Å². The minimum atomic E-state index is -0.332. The van der Waals surface area contributed by atoms with E-state index in [9.17, 15) is 4.79 Å². The number of hydrogen-bond acceptors (Lipinski definition) is 2. The van der Waals surface area contributed by atoms with Gasteiger partial charge < -0.3 is 10.5 Å². The third-order valence-electron chi connectivity index (χ3n) is 2.77. The summed E-state index contributed by atoms with van der Waals surface area (Å²) in [4.78, 5) is 11.3. The Bertz CT molecular complexity index is 552. The average molecular weight is 467 g/mol. The van der Waals surface area contributed by atoms with Gasteiger partial charge in [-0.15, -0.1) is 6.54 Å². The molecule has 0 saturated carbocycles. The number of carbonyl (C=O) groups is 1. The molecule has 0 atom stereocenters. The predicted molar refractivity (Wildman–Crippen MR) is 71.2 cm³/mol. The van der Waals surface area contributed by atoms with Crippen LogP contribution in [0.15, 0.2) is 48.5 Å². The summed E-state index contributed by atoms with van der Waals surface area (Å²) >= 11 is 0. The molecule has 1 radical (unpaired) electrons. The number of esters is 1. The van der Waals surface area contributed by atoms with Crippen LogP contribution in [0.2, 0.25) is 0 Å². The third kappa shape index (κ3) is 4.14. The number of methoxy groups -OCH3 is 1. The van der Waals surface area contributed by atoms with Gasteiger partial charge >= 0.3 is 5.97 Å². The molecule has 0 aliphatic rings. The summed E-state index contributed by atoms with van der Waals surface area (Å²) in [6, 6.07) is 15.1. The number of hydrogen-bond donors (Lipinski definition) is 0. The fourth-order valence-corrected chi connectivity index (χ4v) is 1.78. The Morgan fingerprint density at radius 3 is 2.37 bits per heavy atom. The number of benzene rings is 2. The van der Waals surface area contributed by atoms with E-state index < -0.39 is 0 Å². The maximum absolute atomic E-state index is 11.3. The molecule has 0 aliphatic heterocycles. The first-order valence-corrected chi connectivity index (χ1v) is 5.67. The molecule has 0 unspecified atom stereocenters. The van der Waals surface area contributed by atoms with Gasteiger partial charge in [-0.3, -0.25) is 0 Å². The molecule has 0 bridgehead atoms. The number of rotatable bonds is 3. The van der Waals surface area contributed by atoms with Gasteiger partial charge in [0.1, 0.15) is 0 Å². The van der Waals surface area contributed by atoms with Crippen molar-refractivity contribution < 1.29 is 53.6 Å². The van der Waals surface area contributed by atoms with Crippen molar-refractivity contribution in [3.63, 3.8) is 0 Å². The van der Waals surface area contributed by atoms with Gasteiger partial charge in [0, 0.05) is 44.1 Å². The Kier molecular flexibility index (Phi) is 6.71. The van der Waals surface area contributed by atoms with Crippen LogP contribution in [-0.4, -0.2) is 13.1 Å². The zero-order valence-corrected chi connectivity index (χ0v) is 15.5. The van der Waals surface area contributed by atoms with Gasteiger partial charge in [0.2, 0.25) is 0 Å². The van der Waals surface area contributed by atoms with Gasteiger partial charge in [-0.2, -0.15) is 0 Å². The molecule has 0 aliphatic carbocycles. The van der Waals surface area contributed by atoms with Crippen LogP contribution in [0.4, 0.5) is 0 Å². The Balaban J connectivity index is 0.00000180. The molecule has 0 spiro atoms. The smallest absolute Gasteiger partial charge is 0.337 e. The Morgan fingerprint density at radius 1 is 1.11 bits per heavy atom. The van der Waals surface area contributed by atoms with Gasteiger partial charge in [0.15, 0.2) is 0 Å². The van der Waals surface area contributed by atoms with E-state index in [1.165, 1.54) is 7.11 Å². The quantitative estimate of drug-likeness (QED) is 0.647. The first-order chi connectivity index (χ1) is 8.74. The van der Waals surface area contributed by atoms with E-state index in [0.29, 0.717) is 5.56 Å². The summed E-state index contributed by atoms with van der Waals surface area (Å²) in [5.74, 6) is -0.332. The van der Waals surface area contributed by atoms with Gasteiger partial charge in [-0.05, 0) is 23.3 Å². The molecule has 1 N–H and O–H groups in total. The van der Waals surface area contributed by atoms with E-state index in [0.717, 1.165) is 16.7 Å².